The SMILES string of the molecule is Cc1ccc(C(N)=O)cc1CNc1cncc(-c2ncccn2)c1. The van der Waals surface area contributed by atoms with Gasteiger partial charge in [0.05, 0.1) is 5.69 Å². The number of pyridine rings is 1. The molecule has 0 atom stereocenters. The van der Waals surface area contributed by atoms with Crippen LogP contribution >= 0.6 is 0 Å². The second kappa shape index (κ2) is 6.87. The molecular formula is C18H17N5O. The van der Waals surface area contributed by atoms with E-state index in [4.69, 9.17) is 5.73 Å². The number of aryl methyl sites for hydroxylation is 1. The maximum Gasteiger partial charge on any atom is 0.248 e. The smallest absolute Gasteiger partial charge is 0.248 e. The lowest BCUT2D eigenvalue weighted by Gasteiger charge is -2.11. The summed E-state index contributed by atoms with van der Waals surface area (Å²) in [5, 5.41) is 3.31. The zero-order chi connectivity index (χ0) is 16.9. The summed E-state index contributed by atoms with van der Waals surface area (Å²) in [7, 11) is 0. The highest BCUT2D eigenvalue weighted by molar-refractivity contribution is 5.93. The normalized spacial score (nSPS) is 10.4. The Bertz CT molecular complexity index is 864. The van der Waals surface area contributed by atoms with Crippen molar-refractivity contribution in [1.82, 2.24) is 15.0 Å². The molecule has 0 saturated carbocycles. The largest absolute Gasteiger partial charge is 0.380 e. The van der Waals surface area contributed by atoms with Crippen LogP contribution in [-0.2, 0) is 6.54 Å². The van der Waals surface area contributed by atoms with Gasteiger partial charge in [0.25, 0.3) is 0 Å². The van der Waals surface area contributed by atoms with Gasteiger partial charge in [-0.2, -0.15) is 0 Å². The van der Waals surface area contributed by atoms with Crippen LogP contribution in [0.15, 0.2) is 55.1 Å². The summed E-state index contributed by atoms with van der Waals surface area (Å²) in [6.07, 6.45) is 6.85. The second-order valence-corrected chi connectivity index (χ2v) is 5.39. The van der Waals surface area contributed by atoms with Gasteiger partial charge in [-0.25, -0.2) is 9.97 Å². The molecule has 1 amide bonds. The number of hydrogen-bond acceptors (Lipinski definition) is 5. The molecule has 0 aliphatic carbocycles. The average Bonchev–Trinajstić information content (AvgIpc) is 2.62. The standard InChI is InChI=1S/C18H17N5O/c1-12-3-4-13(17(19)24)7-14(12)10-23-16-8-15(9-20-11-16)18-21-5-2-6-22-18/h2-9,11,23H,10H2,1H3,(H2,19,24). The Hall–Kier alpha value is -3.28. The molecule has 0 radical (unpaired) electrons. The molecule has 3 N–H and O–H groups in total. The van der Waals surface area contributed by atoms with E-state index < -0.39 is 5.91 Å². The van der Waals surface area contributed by atoms with Crippen LogP contribution in [0.25, 0.3) is 11.4 Å². The predicted octanol–water partition coefficient (Wildman–Crippen LogP) is 2.56. The fraction of sp³-hybridized carbons (Fsp3) is 0.111. The van der Waals surface area contributed by atoms with Gasteiger partial charge >= 0.3 is 0 Å². The summed E-state index contributed by atoms with van der Waals surface area (Å²) in [5.41, 5.74) is 9.62. The van der Waals surface area contributed by atoms with Gasteiger partial charge in [-0.1, -0.05) is 6.07 Å². The van der Waals surface area contributed by atoms with Crippen LogP contribution in [0.4, 0.5) is 5.69 Å². The van der Waals surface area contributed by atoms with E-state index in [1.807, 2.05) is 25.1 Å². The van der Waals surface area contributed by atoms with E-state index in [9.17, 15) is 4.79 Å². The van der Waals surface area contributed by atoms with Crippen LogP contribution in [0.3, 0.4) is 0 Å². The zero-order valence-corrected chi connectivity index (χ0v) is 13.2. The number of nitrogens with two attached hydrogens (primary N) is 1. The van der Waals surface area contributed by atoms with E-state index in [1.165, 1.54) is 0 Å². The third-order valence-corrected chi connectivity index (χ3v) is 3.68. The highest BCUT2D eigenvalue weighted by Crippen LogP contribution is 2.19. The number of nitrogens with zero attached hydrogens (tertiary/aromatic N) is 3. The van der Waals surface area contributed by atoms with Gasteiger partial charge in [0.1, 0.15) is 0 Å². The van der Waals surface area contributed by atoms with Gasteiger partial charge in [0, 0.05) is 42.5 Å². The second-order valence-electron chi connectivity index (χ2n) is 5.39. The Balaban J connectivity index is 1.78. The molecule has 0 saturated heterocycles. The van der Waals surface area contributed by atoms with Crippen molar-refractivity contribution in [3.63, 3.8) is 0 Å². The lowest BCUT2D eigenvalue weighted by molar-refractivity contribution is 0.1000. The lowest BCUT2D eigenvalue weighted by atomic mass is 10.0. The van der Waals surface area contributed by atoms with Crippen molar-refractivity contribution in [3.8, 4) is 11.4 Å². The molecule has 2 heterocycles. The highest BCUT2D eigenvalue weighted by atomic mass is 16.1. The van der Waals surface area contributed by atoms with Crippen LogP contribution in [0, 0.1) is 6.92 Å². The molecule has 3 rings (SSSR count). The van der Waals surface area contributed by atoms with Crippen molar-refractivity contribution in [3.05, 3.63) is 71.8 Å². The first-order valence-electron chi connectivity index (χ1n) is 7.49. The molecule has 2 aromatic heterocycles. The topological polar surface area (TPSA) is 93.8 Å². The molecule has 0 aliphatic heterocycles. The summed E-state index contributed by atoms with van der Waals surface area (Å²) in [6.45, 7) is 2.56. The minimum Gasteiger partial charge on any atom is -0.380 e. The van der Waals surface area contributed by atoms with E-state index >= 15 is 0 Å². The molecule has 0 unspecified atom stereocenters. The fourth-order valence-electron chi connectivity index (χ4n) is 2.32. The number of hydrogen-bond donors (Lipinski definition) is 2. The Morgan fingerprint density at radius 1 is 1.17 bits per heavy atom. The Morgan fingerprint density at radius 3 is 2.71 bits per heavy atom. The molecule has 0 bridgehead atoms. The van der Waals surface area contributed by atoms with E-state index in [0.29, 0.717) is 17.9 Å². The van der Waals surface area contributed by atoms with Crippen molar-refractivity contribution in [2.75, 3.05) is 5.32 Å². The molecular weight excluding hydrogens is 302 g/mol. The van der Waals surface area contributed by atoms with Gasteiger partial charge in [-0.05, 0) is 42.3 Å². The van der Waals surface area contributed by atoms with Crippen molar-refractivity contribution < 1.29 is 4.79 Å². The van der Waals surface area contributed by atoms with E-state index in [0.717, 1.165) is 22.4 Å². The molecule has 1 aromatic carbocycles. The highest BCUT2D eigenvalue weighted by Gasteiger charge is 2.06. The summed E-state index contributed by atoms with van der Waals surface area (Å²) in [4.78, 5) is 24.0. The quantitative estimate of drug-likeness (QED) is 0.754. The average molecular weight is 319 g/mol. The molecule has 0 spiro atoms. The predicted molar refractivity (Wildman–Crippen MR) is 92.3 cm³/mol. The number of primary amides is 1. The Kier molecular flexibility index (Phi) is 4.47. The number of amides is 1. The van der Waals surface area contributed by atoms with Crippen LogP contribution in [-0.4, -0.2) is 20.9 Å². The maximum absolute atomic E-state index is 11.3. The van der Waals surface area contributed by atoms with Crippen molar-refractivity contribution >= 4 is 11.6 Å². The minimum absolute atomic E-state index is 0.429. The summed E-state index contributed by atoms with van der Waals surface area (Å²) in [5.74, 6) is 0.196. The van der Waals surface area contributed by atoms with Gasteiger partial charge in [-0.3, -0.25) is 9.78 Å². The zero-order valence-electron chi connectivity index (χ0n) is 13.2. The molecule has 0 fully saturated rings. The summed E-state index contributed by atoms with van der Waals surface area (Å²) < 4.78 is 0. The molecule has 24 heavy (non-hydrogen) atoms. The van der Waals surface area contributed by atoms with E-state index in [-0.39, 0.29) is 0 Å². The van der Waals surface area contributed by atoms with Crippen molar-refractivity contribution in [2.24, 2.45) is 5.73 Å². The maximum atomic E-state index is 11.3. The van der Waals surface area contributed by atoms with Gasteiger partial charge in [0.15, 0.2) is 5.82 Å². The third-order valence-electron chi connectivity index (χ3n) is 3.68. The number of carbonyl (C=O) groups excluding carboxylic acids is 1. The van der Waals surface area contributed by atoms with Crippen LogP contribution in [0.5, 0.6) is 0 Å². The molecule has 3 aromatic rings. The number of anilines is 1. The van der Waals surface area contributed by atoms with Gasteiger partial charge < -0.3 is 11.1 Å². The van der Waals surface area contributed by atoms with E-state index in [2.05, 4.69) is 20.3 Å². The van der Waals surface area contributed by atoms with Crippen molar-refractivity contribution in [2.45, 2.75) is 13.5 Å². The first-order chi connectivity index (χ1) is 11.6. The molecule has 120 valence electrons. The van der Waals surface area contributed by atoms with Crippen LogP contribution in [0.2, 0.25) is 0 Å². The Morgan fingerprint density at radius 2 is 1.96 bits per heavy atom. The first kappa shape index (κ1) is 15.6. The number of nitrogens with one attached hydrogen (secondary N) is 1. The number of aromatic nitrogens is 3. The van der Waals surface area contributed by atoms with Crippen LogP contribution < -0.4 is 11.1 Å². The van der Waals surface area contributed by atoms with Crippen molar-refractivity contribution in [1.29, 1.82) is 0 Å². The molecule has 0 aliphatic rings. The molecule has 6 nitrogen and oxygen atoms in total. The fourth-order valence-corrected chi connectivity index (χ4v) is 2.32. The number of carbonyl (C=O) groups is 1. The minimum atomic E-state index is -0.429. The monoisotopic (exact) mass is 319 g/mol. The third kappa shape index (κ3) is 3.55. The Labute approximate surface area is 139 Å². The number of rotatable bonds is 5. The van der Waals surface area contributed by atoms with Gasteiger partial charge in [0.2, 0.25) is 5.91 Å². The molecule has 6 heteroatoms. The van der Waals surface area contributed by atoms with Gasteiger partial charge in [-0.15, -0.1) is 0 Å². The number of benzene rings is 1. The van der Waals surface area contributed by atoms with E-state index in [1.54, 1.807) is 36.9 Å². The lowest BCUT2D eigenvalue weighted by Crippen LogP contribution is -2.12. The summed E-state index contributed by atoms with van der Waals surface area (Å²) in [6, 6.07) is 9.14. The summed E-state index contributed by atoms with van der Waals surface area (Å²) >= 11 is 0. The first-order valence-corrected chi connectivity index (χ1v) is 7.49. The van der Waals surface area contributed by atoms with Crippen LogP contribution in [0.1, 0.15) is 21.5 Å².